The van der Waals surface area contributed by atoms with Crippen molar-refractivity contribution < 1.29 is 23.5 Å². The molecule has 15 heavy (non-hydrogen) atoms. The fourth-order valence-electron chi connectivity index (χ4n) is 0.869. The van der Waals surface area contributed by atoms with Crippen LogP contribution in [-0.2, 0) is 14.3 Å². The molecular weight excluding hydrogens is 203 g/mol. The molecule has 0 fully saturated rings. The first-order chi connectivity index (χ1) is 7.13. The zero-order valence-electron chi connectivity index (χ0n) is 8.03. The topological polar surface area (TPSA) is 52.6 Å². The van der Waals surface area contributed by atoms with Crippen LogP contribution in [0.4, 0.5) is 4.39 Å². The highest BCUT2D eigenvalue weighted by Gasteiger charge is 2.17. The van der Waals surface area contributed by atoms with Crippen molar-refractivity contribution in [2.45, 2.75) is 6.92 Å². The molecule has 0 radical (unpaired) electrons. The third-order valence-corrected chi connectivity index (χ3v) is 1.45. The first-order valence-electron chi connectivity index (χ1n) is 4.28. The van der Waals surface area contributed by atoms with Gasteiger partial charge in [0, 0.05) is 6.07 Å². The van der Waals surface area contributed by atoms with E-state index in [-0.39, 0.29) is 12.4 Å². The Morgan fingerprint density at radius 1 is 1.33 bits per heavy atom. The Kier molecular flexibility index (Phi) is 3.79. The van der Waals surface area contributed by atoms with Crippen molar-refractivity contribution in [2.24, 2.45) is 0 Å². The van der Waals surface area contributed by atoms with Gasteiger partial charge in [0.05, 0.1) is 6.61 Å². The van der Waals surface area contributed by atoms with Crippen LogP contribution in [0.15, 0.2) is 24.3 Å². The fourth-order valence-corrected chi connectivity index (χ4v) is 0.869. The van der Waals surface area contributed by atoms with Crippen molar-refractivity contribution in [3.05, 3.63) is 30.1 Å². The highest BCUT2D eigenvalue weighted by molar-refractivity contribution is 6.30. The molecule has 4 nitrogen and oxygen atoms in total. The first kappa shape index (κ1) is 11.2. The Morgan fingerprint density at radius 3 is 2.67 bits per heavy atom. The summed E-state index contributed by atoms with van der Waals surface area (Å²) in [4.78, 5) is 21.8. The summed E-state index contributed by atoms with van der Waals surface area (Å²) in [6.07, 6.45) is 0. The van der Waals surface area contributed by atoms with Gasteiger partial charge in [-0.25, -0.2) is 14.0 Å². The van der Waals surface area contributed by atoms with E-state index in [9.17, 15) is 14.0 Å². The van der Waals surface area contributed by atoms with Gasteiger partial charge in [-0.15, -0.1) is 0 Å². The Morgan fingerprint density at radius 2 is 2.07 bits per heavy atom. The van der Waals surface area contributed by atoms with Crippen LogP contribution in [-0.4, -0.2) is 18.5 Å². The molecule has 1 rings (SSSR count). The fraction of sp³-hybridized carbons (Fsp3) is 0.200. The molecule has 1 aromatic carbocycles. The molecule has 0 amide bonds. The second kappa shape index (κ2) is 5.09. The SMILES string of the molecule is CCOC(=O)C(=O)Oc1cccc(F)c1. The minimum absolute atomic E-state index is 0.0342. The van der Waals surface area contributed by atoms with Crippen LogP contribution in [0.3, 0.4) is 0 Å². The number of halogens is 1. The van der Waals surface area contributed by atoms with Gasteiger partial charge in [-0.3, -0.25) is 0 Å². The van der Waals surface area contributed by atoms with Crippen molar-refractivity contribution in [3.63, 3.8) is 0 Å². The molecule has 0 saturated heterocycles. The van der Waals surface area contributed by atoms with Gasteiger partial charge < -0.3 is 9.47 Å². The minimum atomic E-state index is -1.16. The second-order valence-electron chi connectivity index (χ2n) is 2.57. The standard InChI is InChI=1S/C10H9FO4/c1-2-14-9(12)10(13)15-8-5-3-4-7(11)6-8/h3-6H,2H2,1H3. The lowest BCUT2D eigenvalue weighted by molar-refractivity contribution is -0.161. The minimum Gasteiger partial charge on any atom is -0.458 e. The highest BCUT2D eigenvalue weighted by Crippen LogP contribution is 2.12. The quantitative estimate of drug-likeness (QED) is 0.421. The molecule has 0 aliphatic carbocycles. The lowest BCUT2D eigenvalue weighted by Crippen LogP contribution is -2.22. The summed E-state index contributed by atoms with van der Waals surface area (Å²) >= 11 is 0. The Bertz CT molecular complexity index is 375. The van der Waals surface area contributed by atoms with E-state index < -0.39 is 17.8 Å². The number of ether oxygens (including phenoxy) is 2. The molecule has 0 unspecified atom stereocenters. The lowest BCUT2D eigenvalue weighted by Gasteiger charge is -2.02. The maximum atomic E-state index is 12.7. The monoisotopic (exact) mass is 212 g/mol. The van der Waals surface area contributed by atoms with Crippen molar-refractivity contribution >= 4 is 11.9 Å². The van der Waals surface area contributed by atoms with E-state index in [2.05, 4.69) is 9.47 Å². The van der Waals surface area contributed by atoms with Crippen LogP contribution < -0.4 is 4.74 Å². The summed E-state index contributed by atoms with van der Waals surface area (Å²) in [6.45, 7) is 1.64. The maximum Gasteiger partial charge on any atom is 0.422 e. The summed E-state index contributed by atoms with van der Waals surface area (Å²) in [7, 11) is 0. The van der Waals surface area contributed by atoms with Gasteiger partial charge in [-0.05, 0) is 19.1 Å². The van der Waals surface area contributed by atoms with E-state index in [0.29, 0.717) is 0 Å². The van der Waals surface area contributed by atoms with Crippen molar-refractivity contribution in [1.82, 2.24) is 0 Å². The zero-order chi connectivity index (χ0) is 11.3. The third kappa shape index (κ3) is 3.38. The highest BCUT2D eigenvalue weighted by atomic mass is 19.1. The molecule has 0 N–H and O–H groups in total. The number of benzene rings is 1. The maximum absolute atomic E-state index is 12.7. The average molecular weight is 212 g/mol. The van der Waals surface area contributed by atoms with Crippen LogP contribution in [0.5, 0.6) is 5.75 Å². The predicted octanol–water partition coefficient (Wildman–Crippen LogP) is 1.29. The van der Waals surface area contributed by atoms with Gasteiger partial charge in [0.15, 0.2) is 0 Å². The van der Waals surface area contributed by atoms with Gasteiger partial charge >= 0.3 is 11.9 Å². The second-order valence-corrected chi connectivity index (χ2v) is 2.57. The molecule has 80 valence electrons. The van der Waals surface area contributed by atoms with E-state index in [0.717, 1.165) is 6.07 Å². The van der Waals surface area contributed by atoms with Crippen molar-refractivity contribution in [2.75, 3.05) is 6.61 Å². The van der Waals surface area contributed by atoms with E-state index in [1.165, 1.54) is 18.2 Å². The molecule has 0 atom stereocenters. The summed E-state index contributed by atoms with van der Waals surface area (Å²) < 4.78 is 21.6. The number of rotatable bonds is 2. The largest absolute Gasteiger partial charge is 0.458 e. The number of esters is 2. The van der Waals surface area contributed by atoms with Crippen LogP contribution >= 0.6 is 0 Å². The van der Waals surface area contributed by atoms with E-state index in [1.807, 2.05) is 0 Å². The Labute approximate surface area is 85.6 Å². The summed E-state index contributed by atoms with van der Waals surface area (Å²) in [5.41, 5.74) is 0. The lowest BCUT2D eigenvalue weighted by atomic mass is 10.3. The van der Waals surface area contributed by atoms with E-state index in [1.54, 1.807) is 6.92 Å². The summed E-state index contributed by atoms with van der Waals surface area (Å²) in [5.74, 6) is -2.85. The van der Waals surface area contributed by atoms with Gasteiger partial charge in [-0.2, -0.15) is 0 Å². The smallest absolute Gasteiger partial charge is 0.422 e. The van der Waals surface area contributed by atoms with Crippen molar-refractivity contribution in [3.8, 4) is 5.75 Å². The number of carbonyl (C=O) groups excluding carboxylic acids is 2. The summed E-state index contributed by atoms with van der Waals surface area (Å²) in [6, 6.07) is 4.92. The van der Waals surface area contributed by atoms with Gasteiger partial charge in [-0.1, -0.05) is 6.07 Å². The van der Waals surface area contributed by atoms with E-state index in [4.69, 9.17) is 0 Å². The molecule has 1 aromatic rings. The Balaban J connectivity index is 2.62. The zero-order valence-corrected chi connectivity index (χ0v) is 8.03. The van der Waals surface area contributed by atoms with Gasteiger partial charge in [0.2, 0.25) is 0 Å². The van der Waals surface area contributed by atoms with E-state index >= 15 is 0 Å². The number of carbonyl (C=O) groups is 2. The van der Waals surface area contributed by atoms with Gasteiger partial charge in [0.1, 0.15) is 11.6 Å². The van der Waals surface area contributed by atoms with Crippen LogP contribution in [0.2, 0.25) is 0 Å². The molecule has 0 aliphatic rings. The molecule has 0 spiro atoms. The molecule has 0 heterocycles. The molecule has 0 aromatic heterocycles. The molecule has 0 bridgehead atoms. The molecule has 0 aliphatic heterocycles. The predicted molar refractivity (Wildman–Crippen MR) is 48.7 cm³/mol. The Hall–Kier alpha value is -1.91. The van der Waals surface area contributed by atoms with Crippen molar-refractivity contribution in [1.29, 1.82) is 0 Å². The van der Waals surface area contributed by atoms with Crippen LogP contribution in [0, 0.1) is 5.82 Å². The summed E-state index contributed by atoms with van der Waals surface area (Å²) in [5, 5.41) is 0. The normalized spacial score (nSPS) is 9.47. The number of hydrogen-bond acceptors (Lipinski definition) is 4. The van der Waals surface area contributed by atoms with Crippen LogP contribution in [0.25, 0.3) is 0 Å². The molecule has 5 heteroatoms. The van der Waals surface area contributed by atoms with Crippen LogP contribution in [0.1, 0.15) is 6.92 Å². The number of hydrogen-bond donors (Lipinski definition) is 0. The first-order valence-corrected chi connectivity index (χ1v) is 4.28. The molecular formula is C10H9FO4. The van der Waals surface area contributed by atoms with Gasteiger partial charge in [0.25, 0.3) is 0 Å². The molecule has 0 saturated carbocycles. The third-order valence-electron chi connectivity index (χ3n) is 1.45. The average Bonchev–Trinajstić information content (AvgIpc) is 2.18.